The summed E-state index contributed by atoms with van der Waals surface area (Å²) in [7, 11) is -1.85. The number of aliphatic imine (C=N–C) groups is 1. The molecule has 2 aliphatic heterocycles. The van der Waals surface area contributed by atoms with Crippen molar-refractivity contribution in [2.75, 3.05) is 38.2 Å². The summed E-state index contributed by atoms with van der Waals surface area (Å²) in [6, 6.07) is 2.38. The van der Waals surface area contributed by atoms with Crippen LogP contribution in [0.2, 0.25) is 18.1 Å². The minimum atomic E-state index is -1.85. The summed E-state index contributed by atoms with van der Waals surface area (Å²) in [5.41, 5.74) is -0.314. The number of aromatic nitrogens is 2. The van der Waals surface area contributed by atoms with Crippen molar-refractivity contribution in [1.82, 2.24) is 25.1 Å². The van der Waals surface area contributed by atoms with Crippen LogP contribution in [0.4, 0.5) is 14.6 Å². The van der Waals surface area contributed by atoms with E-state index < -0.39 is 37.8 Å². The van der Waals surface area contributed by atoms with Crippen LogP contribution in [0.5, 0.6) is 11.6 Å². The van der Waals surface area contributed by atoms with Crippen molar-refractivity contribution in [2.24, 2.45) is 4.99 Å². The van der Waals surface area contributed by atoms with Gasteiger partial charge < -0.3 is 29.4 Å². The summed E-state index contributed by atoms with van der Waals surface area (Å²) < 4.78 is 44.3. The number of ether oxygens (including phenoxy) is 2. The van der Waals surface area contributed by atoms with E-state index in [1.165, 1.54) is 12.4 Å². The lowest BCUT2D eigenvalue weighted by molar-refractivity contribution is -0.138. The number of hydrogen-bond acceptors (Lipinski definition) is 10. The van der Waals surface area contributed by atoms with Gasteiger partial charge >= 0.3 is 0 Å². The molecule has 1 unspecified atom stereocenters. The molecule has 2 aliphatic rings. The zero-order chi connectivity index (χ0) is 34.6. The summed E-state index contributed by atoms with van der Waals surface area (Å²) in [5.74, 6) is -2.17. The molecule has 1 saturated heterocycles. The molecule has 1 aromatic carbocycles. The summed E-state index contributed by atoms with van der Waals surface area (Å²) in [6.07, 6.45) is 5.22. The SMILES string of the molecule is C[C@@H](C(=O)Nc1cnc(Oc2ccc(F)cc2F)cn1)N1CCN(C(=O)C2=CNC(OCCO[Si](C)(C)C(C)(C)C)C=N2)C(C)(C)C1. The maximum atomic E-state index is 13.9. The first-order chi connectivity index (χ1) is 22.0. The van der Waals surface area contributed by atoms with Crippen molar-refractivity contribution in [1.29, 1.82) is 0 Å². The molecule has 0 radical (unpaired) electrons. The Morgan fingerprint density at radius 3 is 2.49 bits per heavy atom. The van der Waals surface area contributed by atoms with Gasteiger partial charge in [0.1, 0.15) is 11.5 Å². The molecule has 2 aromatic rings. The Morgan fingerprint density at radius 1 is 1.15 bits per heavy atom. The fourth-order valence-electron chi connectivity index (χ4n) is 4.82. The van der Waals surface area contributed by atoms with E-state index >= 15 is 0 Å². The second-order valence-corrected chi connectivity index (χ2v) is 18.5. The van der Waals surface area contributed by atoms with Gasteiger partial charge in [0, 0.05) is 31.9 Å². The molecule has 0 saturated carbocycles. The number of carbonyl (C=O) groups is 2. The molecule has 1 aromatic heterocycles. The van der Waals surface area contributed by atoms with Crippen molar-refractivity contribution in [2.45, 2.75) is 77.5 Å². The highest BCUT2D eigenvalue weighted by atomic mass is 28.4. The van der Waals surface area contributed by atoms with Crippen LogP contribution in [0.25, 0.3) is 0 Å². The van der Waals surface area contributed by atoms with Crippen LogP contribution >= 0.6 is 0 Å². The Labute approximate surface area is 275 Å². The number of piperazine rings is 1. The highest BCUT2D eigenvalue weighted by Gasteiger charge is 2.41. The molecule has 0 aliphatic carbocycles. The quantitative estimate of drug-likeness (QED) is 0.258. The maximum absolute atomic E-state index is 13.9. The normalized spacial score (nSPS) is 19.1. The monoisotopic (exact) mass is 673 g/mol. The van der Waals surface area contributed by atoms with Gasteiger partial charge in [0.15, 0.2) is 31.9 Å². The average Bonchev–Trinajstić information content (AvgIpc) is 3.00. The molecule has 1 fully saturated rings. The van der Waals surface area contributed by atoms with Gasteiger partial charge in [0.2, 0.25) is 11.8 Å². The number of halogens is 2. The third-order valence-corrected chi connectivity index (χ3v) is 13.2. The molecule has 2 atom stereocenters. The number of nitrogens with one attached hydrogen (secondary N) is 2. The molecule has 15 heteroatoms. The number of nitrogens with zero attached hydrogens (tertiary/aromatic N) is 5. The Kier molecular flexibility index (Phi) is 11.2. The topological polar surface area (TPSA) is 131 Å². The smallest absolute Gasteiger partial charge is 0.274 e. The van der Waals surface area contributed by atoms with Gasteiger partial charge in [-0.2, -0.15) is 0 Å². The van der Waals surface area contributed by atoms with Crippen molar-refractivity contribution < 1.29 is 32.3 Å². The Bertz CT molecular complexity index is 1500. The summed E-state index contributed by atoms with van der Waals surface area (Å²) in [4.78, 5) is 42.8. The number of anilines is 1. The lowest BCUT2D eigenvalue weighted by Gasteiger charge is -2.48. The van der Waals surface area contributed by atoms with Gasteiger partial charge in [0.05, 0.1) is 43.4 Å². The third kappa shape index (κ3) is 9.18. The van der Waals surface area contributed by atoms with Gasteiger partial charge in [-0.05, 0) is 51.0 Å². The van der Waals surface area contributed by atoms with Gasteiger partial charge in [-0.1, -0.05) is 20.8 Å². The molecule has 0 bridgehead atoms. The molecule has 12 nitrogen and oxygen atoms in total. The molecule has 0 spiro atoms. The van der Waals surface area contributed by atoms with Crippen LogP contribution in [0.3, 0.4) is 0 Å². The number of amides is 2. The summed E-state index contributed by atoms with van der Waals surface area (Å²) in [6.45, 7) is 18.8. The van der Waals surface area contributed by atoms with E-state index in [0.717, 1.165) is 12.1 Å². The van der Waals surface area contributed by atoms with Gasteiger partial charge in [-0.3, -0.25) is 14.5 Å². The van der Waals surface area contributed by atoms with Crippen LogP contribution in [0, 0.1) is 11.6 Å². The van der Waals surface area contributed by atoms with E-state index in [0.29, 0.717) is 38.9 Å². The molecule has 47 heavy (non-hydrogen) atoms. The standard InChI is InChI=1S/C32H45F2N7O5Si/c1-21(29(42)39-26-17-38-28(19-36-26)46-25-10-9-22(33)15-23(25)34)40-11-12-41(32(5,6)20-40)30(43)24-16-37-27(18-35-24)44-13-14-45-47(7,8)31(2,3)4/h9-10,15-19,21,27,37H,11-14,20H2,1-8H3,(H,36,39,42)/t21-,27?/m0/s1. The van der Waals surface area contributed by atoms with Crippen LogP contribution in [0.1, 0.15) is 41.5 Å². The van der Waals surface area contributed by atoms with Gasteiger partial charge in [-0.15, -0.1) is 0 Å². The first kappa shape index (κ1) is 36.1. The van der Waals surface area contributed by atoms with Crippen LogP contribution in [-0.2, 0) is 18.8 Å². The van der Waals surface area contributed by atoms with E-state index in [2.05, 4.69) is 59.5 Å². The summed E-state index contributed by atoms with van der Waals surface area (Å²) >= 11 is 0. The van der Waals surface area contributed by atoms with Gasteiger partial charge in [0.25, 0.3) is 5.91 Å². The fraction of sp³-hybridized carbons (Fsp3) is 0.531. The number of rotatable bonds is 11. The van der Waals surface area contributed by atoms with Crippen LogP contribution in [0.15, 0.2) is 47.5 Å². The molecule has 4 rings (SSSR count). The highest BCUT2D eigenvalue weighted by molar-refractivity contribution is 6.74. The van der Waals surface area contributed by atoms with E-state index in [4.69, 9.17) is 13.9 Å². The first-order valence-corrected chi connectivity index (χ1v) is 18.5. The Hall–Kier alpha value is -3.79. The lowest BCUT2D eigenvalue weighted by Crippen LogP contribution is -2.64. The Morgan fingerprint density at radius 2 is 1.89 bits per heavy atom. The Balaban J connectivity index is 1.24. The molecule has 2 amide bonds. The van der Waals surface area contributed by atoms with E-state index in [-0.39, 0.29) is 40.0 Å². The van der Waals surface area contributed by atoms with Crippen molar-refractivity contribution >= 4 is 32.2 Å². The number of benzene rings is 1. The van der Waals surface area contributed by atoms with Crippen molar-refractivity contribution in [3.8, 4) is 11.6 Å². The second kappa shape index (κ2) is 14.5. The molecule has 2 N–H and O–H groups in total. The molecule has 256 valence electrons. The number of hydrogen-bond donors (Lipinski definition) is 2. The first-order valence-electron chi connectivity index (χ1n) is 15.5. The summed E-state index contributed by atoms with van der Waals surface area (Å²) in [5, 5.41) is 5.94. The van der Waals surface area contributed by atoms with E-state index in [1.807, 2.05) is 18.7 Å². The zero-order valence-electron chi connectivity index (χ0n) is 28.3. The molecule has 3 heterocycles. The van der Waals surface area contributed by atoms with Crippen LogP contribution in [-0.4, -0.2) is 96.8 Å². The minimum Gasteiger partial charge on any atom is -0.434 e. The lowest BCUT2D eigenvalue weighted by atomic mass is 9.96. The van der Waals surface area contributed by atoms with Gasteiger partial charge in [-0.25, -0.2) is 23.7 Å². The van der Waals surface area contributed by atoms with E-state index in [1.54, 1.807) is 24.2 Å². The minimum absolute atomic E-state index is 0.0218. The highest BCUT2D eigenvalue weighted by Crippen LogP contribution is 2.36. The van der Waals surface area contributed by atoms with Crippen molar-refractivity contribution in [3.05, 3.63) is 54.1 Å². The number of carbonyl (C=O) groups excluding carboxylic acids is 2. The predicted octanol–water partition coefficient (Wildman–Crippen LogP) is 4.68. The largest absolute Gasteiger partial charge is 0.434 e. The predicted molar refractivity (Wildman–Crippen MR) is 177 cm³/mol. The zero-order valence-corrected chi connectivity index (χ0v) is 29.3. The average molecular weight is 674 g/mol. The maximum Gasteiger partial charge on any atom is 0.274 e. The molecular formula is C32H45F2N7O5Si. The third-order valence-electron chi connectivity index (χ3n) is 8.69. The van der Waals surface area contributed by atoms with Crippen molar-refractivity contribution in [3.63, 3.8) is 0 Å². The molecular weight excluding hydrogens is 628 g/mol. The second-order valence-electron chi connectivity index (χ2n) is 13.7. The fourth-order valence-corrected chi connectivity index (χ4v) is 5.85. The van der Waals surface area contributed by atoms with Crippen LogP contribution < -0.4 is 15.4 Å². The van der Waals surface area contributed by atoms with E-state index in [9.17, 15) is 18.4 Å².